The summed E-state index contributed by atoms with van der Waals surface area (Å²) in [6.45, 7) is 0.601. The Hall–Kier alpha value is -2.76. The van der Waals surface area contributed by atoms with E-state index in [0.717, 1.165) is 12.0 Å². The van der Waals surface area contributed by atoms with Crippen LogP contribution in [0.25, 0.3) is 0 Å². The highest BCUT2D eigenvalue weighted by Gasteiger charge is 2.06. The van der Waals surface area contributed by atoms with Crippen LogP contribution >= 0.6 is 0 Å². The molecule has 0 aliphatic heterocycles. The van der Waals surface area contributed by atoms with Crippen LogP contribution in [0.2, 0.25) is 0 Å². The van der Waals surface area contributed by atoms with Gasteiger partial charge in [-0.2, -0.15) is 0 Å². The second-order valence-corrected chi connectivity index (χ2v) is 4.34. The SMILES string of the molecule is NC(=O)c1ccc(N)c(NCCc2ccc(O)cc2)n1. The predicted octanol–water partition coefficient (Wildman–Crippen LogP) is 1.12. The van der Waals surface area contributed by atoms with Gasteiger partial charge in [-0.15, -0.1) is 0 Å². The number of hydrogen-bond acceptors (Lipinski definition) is 5. The molecule has 2 aromatic rings. The monoisotopic (exact) mass is 272 g/mol. The second-order valence-electron chi connectivity index (χ2n) is 4.34. The van der Waals surface area contributed by atoms with Crippen LogP contribution in [-0.4, -0.2) is 22.5 Å². The van der Waals surface area contributed by atoms with Crippen molar-refractivity contribution in [2.24, 2.45) is 5.73 Å². The number of phenolic OH excluding ortho intramolecular Hbond substituents is 1. The lowest BCUT2D eigenvalue weighted by molar-refractivity contribution is 0.0995. The maximum Gasteiger partial charge on any atom is 0.267 e. The molecule has 0 saturated heterocycles. The number of anilines is 2. The Bertz CT molecular complexity index is 611. The largest absolute Gasteiger partial charge is 0.508 e. The summed E-state index contributed by atoms with van der Waals surface area (Å²) in [4.78, 5) is 15.1. The van der Waals surface area contributed by atoms with Gasteiger partial charge >= 0.3 is 0 Å². The van der Waals surface area contributed by atoms with Crippen molar-refractivity contribution in [1.82, 2.24) is 4.98 Å². The summed E-state index contributed by atoms with van der Waals surface area (Å²) in [6.07, 6.45) is 0.738. The summed E-state index contributed by atoms with van der Waals surface area (Å²) < 4.78 is 0. The molecule has 1 amide bonds. The molecule has 0 unspecified atom stereocenters. The Morgan fingerprint density at radius 1 is 1.20 bits per heavy atom. The number of primary amides is 1. The van der Waals surface area contributed by atoms with Crippen molar-refractivity contribution in [2.45, 2.75) is 6.42 Å². The third-order valence-corrected chi connectivity index (χ3v) is 2.82. The van der Waals surface area contributed by atoms with E-state index >= 15 is 0 Å². The summed E-state index contributed by atoms with van der Waals surface area (Å²) in [6, 6.07) is 10.0. The summed E-state index contributed by atoms with van der Waals surface area (Å²) >= 11 is 0. The Kier molecular flexibility index (Phi) is 4.05. The summed E-state index contributed by atoms with van der Waals surface area (Å²) in [5, 5.41) is 12.3. The normalized spacial score (nSPS) is 10.2. The van der Waals surface area contributed by atoms with E-state index in [-0.39, 0.29) is 11.4 Å². The molecule has 1 aromatic heterocycles. The zero-order valence-corrected chi connectivity index (χ0v) is 10.8. The van der Waals surface area contributed by atoms with Gasteiger partial charge in [0, 0.05) is 6.54 Å². The van der Waals surface area contributed by atoms with E-state index in [0.29, 0.717) is 18.1 Å². The van der Waals surface area contributed by atoms with Gasteiger partial charge in [0.2, 0.25) is 0 Å². The molecular weight excluding hydrogens is 256 g/mol. The number of nitrogens with zero attached hydrogens (tertiary/aromatic N) is 1. The molecule has 0 fully saturated rings. The van der Waals surface area contributed by atoms with Crippen LogP contribution in [0, 0.1) is 0 Å². The number of aromatic nitrogens is 1. The molecule has 0 bridgehead atoms. The number of amides is 1. The average Bonchev–Trinajstić information content (AvgIpc) is 2.43. The fourth-order valence-electron chi connectivity index (χ4n) is 1.74. The maximum atomic E-state index is 11.1. The number of benzene rings is 1. The smallest absolute Gasteiger partial charge is 0.267 e. The van der Waals surface area contributed by atoms with E-state index in [4.69, 9.17) is 11.5 Å². The second kappa shape index (κ2) is 5.92. The van der Waals surface area contributed by atoms with Gasteiger partial charge in [-0.1, -0.05) is 12.1 Å². The number of rotatable bonds is 5. The zero-order chi connectivity index (χ0) is 14.5. The molecule has 0 atom stereocenters. The molecule has 2 rings (SSSR count). The van der Waals surface area contributed by atoms with Gasteiger partial charge in [-0.3, -0.25) is 4.79 Å². The first kappa shape index (κ1) is 13.7. The lowest BCUT2D eigenvalue weighted by atomic mass is 10.1. The van der Waals surface area contributed by atoms with Crippen molar-refractivity contribution in [3.63, 3.8) is 0 Å². The minimum absolute atomic E-state index is 0.173. The first-order valence-electron chi connectivity index (χ1n) is 6.14. The van der Waals surface area contributed by atoms with Gasteiger partial charge in [0.15, 0.2) is 0 Å². The average molecular weight is 272 g/mol. The van der Waals surface area contributed by atoms with Gasteiger partial charge in [-0.25, -0.2) is 4.98 Å². The van der Waals surface area contributed by atoms with E-state index in [1.54, 1.807) is 18.2 Å². The van der Waals surface area contributed by atoms with Crippen molar-refractivity contribution in [3.8, 4) is 5.75 Å². The molecule has 6 heteroatoms. The third kappa shape index (κ3) is 3.38. The van der Waals surface area contributed by atoms with Crippen LogP contribution < -0.4 is 16.8 Å². The quantitative estimate of drug-likeness (QED) is 0.651. The molecular formula is C14H16N4O2. The molecule has 0 aliphatic carbocycles. The number of pyridine rings is 1. The fourth-order valence-corrected chi connectivity index (χ4v) is 1.74. The third-order valence-electron chi connectivity index (χ3n) is 2.82. The van der Waals surface area contributed by atoms with Gasteiger partial charge in [0.25, 0.3) is 5.91 Å². The number of nitrogen functional groups attached to an aromatic ring is 1. The summed E-state index contributed by atoms with van der Waals surface area (Å²) in [5.41, 5.74) is 12.7. The van der Waals surface area contributed by atoms with Crippen LogP contribution in [-0.2, 0) is 6.42 Å². The Labute approximate surface area is 116 Å². The molecule has 1 aromatic carbocycles. The maximum absolute atomic E-state index is 11.1. The lowest BCUT2D eigenvalue weighted by Crippen LogP contribution is -2.16. The molecule has 0 spiro atoms. The standard InChI is InChI=1S/C14H16N4O2/c15-11-5-6-12(13(16)20)18-14(11)17-8-7-9-1-3-10(19)4-2-9/h1-6,19H,7-8,15H2,(H2,16,20)(H,17,18). The molecule has 6 N–H and O–H groups in total. The fraction of sp³-hybridized carbons (Fsp3) is 0.143. The van der Waals surface area contributed by atoms with Crippen molar-refractivity contribution in [1.29, 1.82) is 0 Å². The van der Waals surface area contributed by atoms with Crippen LogP contribution in [0.15, 0.2) is 36.4 Å². The summed E-state index contributed by atoms with van der Waals surface area (Å²) in [5.74, 6) is 0.0912. The van der Waals surface area contributed by atoms with Crippen LogP contribution in [0.1, 0.15) is 16.1 Å². The Morgan fingerprint density at radius 3 is 2.55 bits per heavy atom. The first-order chi connectivity index (χ1) is 9.56. The van der Waals surface area contributed by atoms with Gasteiger partial charge in [0.1, 0.15) is 17.3 Å². The van der Waals surface area contributed by atoms with Crippen LogP contribution in [0.5, 0.6) is 5.75 Å². The number of nitrogens with one attached hydrogen (secondary N) is 1. The zero-order valence-electron chi connectivity index (χ0n) is 10.8. The highest BCUT2D eigenvalue weighted by molar-refractivity contribution is 5.91. The van der Waals surface area contributed by atoms with Gasteiger partial charge < -0.3 is 21.9 Å². The number of nitrogens with two attached hydrogens (primary N) is 2. The highest BCUT2D eigenvalue weighted by atomic mass is 16.3. The number of hydrogen-bond donors (Lipinski definition) is 4. The number of phenols is 1. The van der Waals surface area contributed by atoms with E-state index < -0.39 is 5.91 Å². The molecule has 6 nitrogen and oxygen atoms in total. The van der Waals surface area contributed by atoms with E-state index in [1.165, 1.54) is 6.07 Å². The molecule has 0 aliphatic rings. The molecule has 0 radical (unpaired) electrons. The Balaban J connectivity index is 1.98. The minimum atomic E-state index is -0.591. The number of aromatic hydroxyl groups is 1. The summed E-state index contributed by atoms with van der Waals surface area (Å²) in [7, 11) is 0. The number of carbonyl (C=O) groups excluding carboxylic acids is 1. The van der Waals surface area contributed by atoms with E-state index in [9.17, 15) is 9.90 Å². The van der Waals surface area contributed by atoms with Gasteiger partial charge in [-0.05, 0) is 36.2 Å². The van der Waals surface area contributed by atoms with Gasteiger partial charge in [0.05, 0.1) is 5.69 Å². The highest BCUT2D eigenvalue weighted by Crippen LogP contribution is 2.16. The van der Waals surface area contributed by atoms with Crippen molar-refractivity contribution in [3.05, 3.63) is 47.7 Å². The first-order valence-corrected chi connectivity index (χ1v) is 6.14. The van der Waals surface area contributed by atoms with Crippen molar-refractivity contribution in [2.75, 3.05) is 17.6 Å². The Morgan fingerprint density at radius 2 is 1.90 bits per heavy atom. The molecule has 20 heavy (non-hydrogen) atoms. The number of carbonyl (C=O) groups is 1. The van der Waals surface area contributed by atoms with Crippen LogP contribution in [0.4, 0.5) is 11.5 Å². The topological polar surface area (TPSA) is 114 Å². The van der Waals surface area contributed by atoms with E-state index in [1.807, 2.05) is 12.1 Å². The van der Waals surface area contributed by atoms with Crippen molar-refractivity contribution < 1.29 is 9.90 Å². The molecule has 1 heterocycles. The van der Waals surface area contributed by atoms with Crippen LogP contribution in [0.3, 0.4) is 0 Å². The predicted molar refractivity (Wildman–Crippen MR) is 77.5 cm³/mol. The molecule has 0 saturated carbocycles. The lowest BCUT2D eigenvalue weighted by Gasteiger charge is -2.09. The minimum Gasteiger partial charge on any atom is -0.508 e. The molecule has 104 valence electrons. The van der Waals surface area contributed by atoms with E-state index in [2.05, 4.69) is 10.3 Å². The van der Waals surface area contributed by atoms with Crippen molar-refractivity contribution >= 4 is 17.4 Å².